The number of nitrogens with zero attached hydrogens (tertiary/aromatic N) is 3. The van der Waals surface area contributed by atoms with Crippen molar-refractivity contribution in [3.8, 4) is 0 Å². The molecule has 8 heteroatoms. The van der Waals surface area contributed by atoms with Gasteiger partial charge in [-0.1, -0.05) is 27.7 Å². The zero-order valence-electron chi connectivity index (χ0n) is 19.4. The Hall–Kier alpha value is -1.02. The summed E-state index contributed by atoms with van der Waals surface area (Å²) in [7, 11) is 0. The van der Waals surface area contributed by atoms with Crippen LogP contribution in [-0.2, 0) is 4.74 Å². The number of guanidine groups is 1. The Morgan fingerprint density at radius 2 is 1.93 bits per heavy atom. The van der Waals surface area contributed by atoms with Gasteiger partial charge in [0.05, 0.1) is 12.6 Å². The first-order valence-electron chi connectivity index (χ1n) is 11.5. The molecule has 0 amide bonds. The van der Waals surface area contributed by atoms with Crippen LogP contribution >= 0.6 is 0 Å². The lowest BCUT2D eigenvalue weighted by Crippen LogP contribution is -2.44. The van der Waals surface area contributed by atoms with Crippen LogP contribution in [0, 0.1) is 17.3 Å². The number of nitrogens with one attached hydrogen (secondary N) is 1. The number of hydrogen-bond acceptors (Lipinski definition) is 3. The van der Waals surface area contributed by atoms with E-state index in [2.05, 4.69) is 31.0 Å². The molecule has 0 aromatic carbocycles. The fraction of sp³-hybridized carbons (Fsp3) is 0.955. The van der Waals surface area contributed by atoms with Gasteiger partial charge in [0.25, 0.3) is 0 Å². The SMILES string of the molecule is CCNC(=NCC1CCCOC1C(C)(C)C)N1CCC(CN(CC)CC(F)(F)F)C1. The van der Waals surface area contributed by atoms with E-state index in [-0.39, 0.29) is 17.4 Å². The zero-order valence-corrected chi connectivity index (χ0v) is 19.4. The van der Waals surface area contributed by atoms with Crippen LogP contribution in [0.5, 0.6) is 0 Å². The molecule has 0 spiro atoms. The van der Waals surface area contributed by atoms with Crippen LogP contribution in [0.15, 0.2) is 4.99 Å². The summed E-state index contributed by atoms with van der Waals surface area (Å²) in [5, 5.41) is 3.39. The summed E-state index contributed by atoms with van der Waals surface area (Å²) >= 11 is 0. The lowest BCUT2D eigenvalue weighted by molar-refractivity contribution is -0.146. The molecule has 0 aliphatic carbocycles. The minimum atomic E-state index is -4.14. The predicted octanol–water partition coefficient (Wildman–Crippen LogP) is 4.00. The van der Waals surface area contributed by atoms with Crippen LogP contribution in [0.3, 0.4) is 0 Å². The number of likely N-dealkylation sites (tertiary alicyclic amines) is 1. The highest BCUT2D eigenvalue weighted by molar-refractivity contribution is 5.80. The maximum absolute atomic E-state index is 12.8. The van der Waals surface area contributed by atoms with Crippen LogP contribution in [0.2, 0.25) is 0 Å². The molecule has 3 unspecified atom stereocenters. The second-order valence-corrected chi connectivity index (χ2v) is 9.80. The molecule has 2 rings (SSSR count). The number of hydrogen-bond donors (Lipinski definition) is 1. The Labute approximate surface area is 180 Å². The molecule has 2 saturated heterocycles. The van der Waals surface area contributed by atoms with Gasteiger partial charge >= 0.3 is 6.18 Å². The van der Waals surface area contributed by atoms with Crippen LogP contribution < -0.4 is 5.32 Å². The third kappa shape index (κ3) is 7.91. The monoisotopic (exact) mass is 434 g/mol. The standard InChI is InChI=1S/C22H41F3N4O/c1-6-26-20(27-13-18-9-8-12-30-19(18)21(3,4)5)29-11-10-17(15-29)14-28(7-2)16-22(23,24)25/h17-19H,6-16H2,1-5H3,(H,26,27). The zero-order chi connectivity index (χ0) is 22.4. The molecule has 2 aliphatic heterocycles. The van der Waals surface area contributed by atoms with Gasteiger partial charge in [-0.2, -0.15) is 13.2 Å². The third-order valence-electron chi connectivity index (χ3n) is 6.06. The number of alkyl halides is 3. The topological polar surface area (TPSA) is 40.1 Å². The molecule has 1 N–H and O–H groups in total. The number of aliphatic imine (C=N–C) groups is 1. The molecular formula is C22H41F3N4O. The minimum absolute atomic E-state index is 0.0831. The largest absolute Gasteiger partial charge is 0.401 e. The van der Waals surface area contributed by atoms with Gasteiger partial charge in [0, 0.05) is 45.2 Å². The summed E-state index contributed by atoms with van der Waals surface area (Å²) in [5.41, 5.74) is 0.0831. The molecular weight excluding hydrogens is 393 g/mol. The summed E-state index contributed by atoms with van der Waals surface area (Å²) in [4.78, 5) is 8.65. The molecule has 2 aliphatic rings. The van der Waals surface area contributed by atoms with E-state index in [1.807, 2.05) is 6.92 Å². The van der Waals surface area contributed by atoms with E-state index in [9.17, 15) is 13.2 Å². The van der Waals surface area contributed by atoms with E-state index >= 15 is 0 Å². The second-order valence-electron chi connectivity index (χ2n) is 9.80. The highest BCUT2D eigenvalue weighted by Crippen LogP contribution is 2.34. The van der Waals surface area contributed by atoms with Crippen molar-refractivity contribution in [3.05, 3.63) is 0 Å². The fourth-order valence-electron chi connectivity index (χ4n) is 4.72. The van der Waals surface area contributed by atoms with Crippen molar-refractivity contribution in [1.82, 2.24) is 15.1 Å². The van der Waals surface area contributed by atoms with Crippen molar-refractivity contribution in [2.24, 2.45) is 22.2 Å². The van der Waals surface area contributed by atoms with Crippen LogP contribution in [0.25, 0.3) is 0 Å². The predicted molar refractivity (Wildman–Crippen MR) is 116 cm³/mol. The molecule has 2 heterocycles. The Kier molecular flexibility index (Phi) is 9.28. The van der Waals surface area contributed by atoms with Gasteiger partial charge in [-0.15, -0.1) is 0 Å². The van der Waals surface area contributed by atoms with Gasteiger partial charge in [0.15, 0.2) is 5.96 Å². The van der Waals surface area contributed by atoms with E-state index in [1.54, 1.807) is 6.92 Å². The normalized spacial score (nSPS) is 26.5. The smallest absolute Gasteiger partial charge is 0.377 e. The third-order valence-corrected chi connectivity index (χ3v) is 6.06. The molecule has 176 valence electrons. The minimum Gasteiger partial charge on any atom is -0.377 e. The molecule has 3 atom stereocenters. The van der Waals surface area contributed by atoms with Crippen molar-refractivity contribution in [1.29, 1.82) is 0 Å². The Bertz CT molecular complexity index is 547. The van der Waals surface area contributed by atoms with Crippen LogP contribution in [-0.4, -0.2) is 80.5 Å². The maximum atomic E-state index is 12.8. The summed E-state index contributed by atoms with van der Waals surface area (Å²) in [6, 6.07) is 0. The van der Waals surface area contributed by atoms with Crippen LogP contribution in [0.1, 0.15) is 53.9 Å². The molecule has 2 fully saturated rings. The van der Waals surface area contributed by atoms with Gasteiger partial charge in [-0.3, -0.25) is 9.89 Å². The van der Waals surface area contributed by atoms with Crippen molar-refractivity contribution in [2.45, 2.75) is 66.2 Å². The lowest BCUT2D eigenvalue weighted by Gasteiger charge is -2.39. The lowest BCUT2D eigenvalue weighted by atomic mass is 9.78. The summed E-state index contributed by atoms with van der Waals surface area (Å²) in [5.74, 6) is 1.52. The van der Waals surface area contributed by atoms with E-state index < -0.39 is 12.7 Å². The molecule has 30 heavy (non-hydrogen) atoms. The summed E-state index contributed by atoms with van der Waals surface area (Å²) in [6.07, 6.45) is -0.853. The maximum Gasteiger partial charge on any atom is 0.401 e. The average Bonchev–Trinajstić information content (AvgIpc) is 3.11. The molecule has 0 bridgehead atoms. The molecule has 0 radical (unpaired) electrons. The van der Waals surface area contributed by atoms with Gasteiger partial charge < -0.3 is 15.0 Å². The van der Waals surface area contributed by atoms with Crippen molar-refractivity contribution < 1.29 is 17.9 Å². The fourth-order valence-corrected chi connectivity index (χ4v) is 4.72. The Morgan fingerprint density at radius 3 is 2.53 bits per heavy atom. The number of halogens is 3. The molecule has 0 aromatic rings. The van der Waals surface area contributed by atoms with E-state index in [4.69, 9.17) is 9.73 Å². The first-order chi connectivity index (χ1) is 14.0. The number of ether oxygens (including phenoxy) is 1. The van der Waals surface area contributed by atoms with Gasteiger partial charge in [0.2, 0.25) is 0 Å². The van der Waals surface area contributed by atoms with Gasteiger partial charge in [-0.25, -0.2) is 0 Å². The van der Waals surface area contributed by atoms with Crippen molar-refractivity contribution in [3.63, 3.8) is 0 Å². The first-order valence-corrected chi connectivity index (χ1v) is 11.5. The van der Waals surface area contributed by atoms with Crippen molar-refractivity contribution in [2.75, 3.05) is 52.4 Å². The molecule has 0 saturated carbocycles. The average molecular weight is 435 g/mol. The quantitative estimate of drug-likeness (QED) is 0.486. The highest BCUT2D eigenvalue weighted by atomic mass is 19.4. The Balaban J connectivity index is 1.97. The molecule has 5 nitrogen and oxygen atoms in total. The van der Waals surface area contributed by atoms with E-state index in [0.717, 1.165) is 58.0 Å². The number of rotatable bonds is 7. The second kappa shape index (κ2) is 11.0. The first kappa shape index (κ1) is 25.2. The van der Waals surface area contributed by atoms with E-state index in [1.165, 1.54) is 4.90 Å². The van der Waals surface area contributed by atoms with Crippen molar-refractivity contribution >= 4 is 5.96 Å². The Morgan fingerprint density at radius 1 is 1.20 bits per heavy atom. The summed E-state index contributed by atoms with van der Waals surface area (Å²) < 4.78 is 44.4. The summed E-state index contributed by atoms with van der Waals surface area (Å²) in [6.45, 7) is 14.5. The molecule has 0 aromatic heterocycles. The van der Waals surface area contributed by atoms with Gasteiger partial charge in [0.1, 0.15) is 0 Å². The van der Waals surface area contributed by atoms with Crippen LogP contribution in [0.4, 0.5) is 13.2 Å². The van der Waals surface area contributed by atoms with E-state index in [0.29, 0.717) is 19.0 Å². The van der Waals surface area contributed by atoms with Gasteiger partial charge in [-0.05, 0) is 44.1 Å². The highest BCUT2D eigenvalue weighted by Gasteiger charge is 2.36.